The number of methoxy groups -OCH3 is 1. The summed E-state index contributed by atoms with van der Waals surface area (Å²) in [4.78, 5) is 14.6. The van der Waals surface area contributed by atoms with E-state index in [4.69, 9.17) is 14.2 Å². The van der Waals surface area contributed by atoms with Crippen molar-refractivity contribution in [3.05, 3.63) is 23.3 Å². The van der Waals surface area contributed by atoms with Gasteiger partial charge in [-0.2, -0.15) is 0 Å². The number of carbonyl (C=O) groups is 1. The molecule has 24 heavy (non-hydrogen) atoms. The molecule has 0 N–H and O–H groups in total. The van der Waals surface area contributed by atoms with Crippen molar-refractivity contribution >= 4 is 5.91 Å². The van der Waals surface area contributed by atoms with Gasteiger partial charge in [0.1, 0.15) is 19.8 Å². The Balaban J connectivity index is 1.81. The van der Waals surface area contributed by atoms with Crippen molar-refractivity contribution in [1.29, 1.82) is 0 Å². The summed E-state index contributed by atoms with van der Waals surface area (Å²) in [6.45, 7) is 4.21. The molecule has 1 atom stereocenters. The van der Waals surface area contributed by atoms with Gasteiger partial charge in [0, 0.05) is 19.1 Å². The fourth-order valence-corrected chi connectivity index (χ4v) is 4.62. The Kier molecular flexibility index (Phi) is 3.91. The Hall–Kier alpha value is -1.75. The van der Waals surface area contributed by atoms with E-state index in [0.29, 0.717) is 13.2 Å². The monoisotopic (exact) mass is 331 g/mol. The molecule has 0 saturated heterocycles. The van der Waals surface area contributed by atoms with Crippen LogP contribution in [-0.4, -0.2) is 44.3 Å². The van der Waals surface area contributed by atoms with Gasteiger partial charge in [-0.3, -0.25) is 4.79 Å². The molecule has 1 aromatic carbocycles. The van der Waals surface area contributed by atoms with Crippen LogP contribution in [0.25, 0.3) is 0 Å². The zero-order valence-electron chi connectivity index (χ0n) is 14.5. The van der Waals surface area contributed by atoms with E-state index in [1.165, 1.54) is 24.0 Å². The van der Waals surface area contributed by atoms with Crippen LogP contribution < -0.4 is 9.47 Å². The van der Waals surface area contributed by atoms with Gasteiger partial charge in [0.15, 0.2) is 11.5 Å². The first-order chi connectivity index (χ1) is 11.6. The van der Waals surface area contributed by atoms with Gasteiger partial charge < -0.3 is 19.1 Å². The maximum atomic E-state index is 12.6. The maximum absolute atomic E-state index is 12.6. The molecule has 0 unspecified atom stereocenters. The first-order valence-corrected chi connectivity index (χ1v) is 8.87. The van der Waals surface area contributed by atoms with Crippen molar-refractivity contribution in [3.63, 3.8) is 0 Å². The first kappa shape index (κ1) is 15.8. The molecule has 1 fully saturated rings. The van der Waals surface area contributed by atoms with E-state index in [9.17, 15) is 4.79 Å². The summed E-state index contributed by atoms with van der Waals surface area (Å²) >= 11 is 0. The van der Waals surface area contributed by atoms with Crippen LogP contribution in [0.2, 0.25) is 0 Å². The first-order valence-electron chi connectivity index (χ1n) is 8.87. The van der Waals surface area contributed by atoms with Gasteiger partial charge in [-0.25, -0.2) is 0 Å². The maximum Gasteiger partial charge on any atom is 0.249 e. The third kappa shape index (κ3) is 2.37. The number of fused-ring (bicyclic) bond motifs is 3. The fraction of sp³-hybridized carbons (Fsp3) is 0.632. The molecule has 1 spiro atoms. The van der Waals surface area contributed by atoms with E-state index in [1.807, 2.05) is 4.90 Å². The van der Waals surface area contributed by atoms with E-state index >= 15 is 0 Å². The quantitative estimate of drug-likeness (QED) is 0.836. The summed E-state index contributed by atoms with van der Waals surface area (Å²) in [5, 5.41) is 0. The van der Waals surface area contributed by atoms with Crippen molar-refractivity contribution in [2.24, 2.45) is 0 Å². The average molecular weight is 331 g/mol. The lowest BCUT2D eigenvalue weighted by atomic mass is 9.71. The molecule has 4 rings (SSSR count). The van der Waals surface area contributed by atoms with Crippen LogP contribution in [0, 0.1) is 0 Å². The molecule has 0 bridgehead atoms. The van der Waals surface area contributed by atoms with Crippen molar-refractivity contribution in [2.75, 3.05) is 33.5 Å². The molecule has 0 aromatic heterocycles. The Morgan fingerprint density at radius 3 is 2.58 bits per heavy atom. The summed E-state index contributed by atoms with van der Waals surface area (Å²) in [6, 6.07) is 4.31. The summed E-state index contributed by atoms with van der Waals surface area (Å²) in [6.07, 6.45) is 4.69. The molecule has 1 saturated carbocycles. The molecule has 130 valence electrons. The predicted octanol–water partition coefficient (Wildman–Crippen LogP) is 2.82. The van der Waals surface area contributed by atoms with Crippen LogP contribution in [0.4, 0.5) is 0 Å². The Bertz CT molecular complexity index is 651. The predicted molar refractivity (Wildman–Crippen MR) is 89.6 cm³/mol. The van der Waals surface area contributed by atoms with Gasteiger partial charge in [-0.05, 0) is 43.0 Å². The van der Waals surface area contributed by atoms with Crippen LogP contribution in [0.15, 0.2) is 12.1 Å². The highest BCUT2D eigenvalue weighted by atomic mass is 16.6. The molecule has 0 radical (unpaired) electrons. The van der Waals surface area contributed by atoms with E-state index in [1.54, 1.807) is 7.11 Å². The molecule has 1 aromatic rings. The van der Waals surface area contributed by atoms with Gasteiger partial charge in [-0.15, -0.1) is 0 Å². The normalized spacial score (nSPS) is 24.1. The van der Waals surface area contributed by atoms with Crippen molar-refractivity contribution < 1.29 is 19.0 Å². The van der Waals surface area contributed by atoms with E-state index < -0.39 is 0 Å². The third-order valence-corrected chi connectivity index (χ3v) is 5.83. The lowest BCUT2D eigenvalue weighted by Gasteiger charge is -2.46. The number of nitrogens with zero attached hydrogens (tertiary/aromatic N) is 1. The average Bonchev–Trinajstić information content (AvgIpc) is 3.06. The number of amides is 1. The zero-order valence-corrected chi connectivity index (χ0v) is 14.5. The zero-order chi connectivity index (χ0) is 16.7. The number of carbonyl (C=O) groups excluding carboxylic acids is 1. The van der Waals surface area contributed by atoms with Gasteiger partial charge in [0.05, 0.1) is 6.04 Å². The van der Waals surface area contributed by atoms with Crippen molar-refractivity contribution in [3.8, 4) is 11.5 Å². The molecule has 2 aliphatic heterocycles. The highest BCUT2D eigenvalue weighted by Crippen LogP contribution is 2.51. The molecule has 5 nitrogen and oxygen atoms in total. The second kappa shape index (κ2) is 5.96. The van der Waals surface area contributed by atoms with E-state index in [0.717, 1.165) is 30.9 Å². The van der Waals surface area contributed by atoms with Crippen LogP contribution in [0.5, 0.6) is 11.5 Å². The largest absolute Gasteiger partial charge is 0.486 e. The molecule has 2 heterocycles. The molecule has 5 heteroatoms. The SMILES string of the molecule is COCC(=O)N1CC2(CCCC2)c2cc3c(cc2[C@@H]1C)OCCO3. The highest BCUT2D eigenvalue weighted by Gasteiger charge is 2.46. The highest BCUT2D eigenvalue weighted by molar-refractivity contribution is 5.79. The Morgan fingerprint density at radius 1 is 1.25 bits per heavy atom. The minimum absolute atomic E-state index is 0.0321. The van der Waals surface area contributed by atoms with Gasteiger partial charge in [0.25, 0.3) is 0 Å². The smallest absolute Gasteiger partial charge is 0.249 e. The number of rotatable bonds is 2. The minimum atomic E-state index is 0.0321. The number of benzene rings is 1. The fourth-order valence-electron chi connectivity index (χ4n) is 4.62. The number of ether oxygens (including phenoxy) is 3. The van der Waals surface area contributed by atoms with Crippen LogP contribution in [0.3, 0.4) is 0 Å². The third-order valence-electron chi connectivity index (χ3n) is 5.83. The van der Waals surface area contributed by atoms with Crippen molar-refractivity contribution in [1.82, 2.24) is 4.90 Å². The van der Waals surface area contributed by atoms with Crippen molar-refractivity contribution in [2.45, 2.75) is 44.1 Å². The number of hydrogen-bond acceptors (Lipinski definition) is 4. The molecular weight excluding hydrogens is 306 g/mol. The number of hydrogen-bond donors (Lipinski definition) is 0. The van der Waals surface area contributed by atoms with Gasteiger partial charge >= 0.3 is 0 Å². The minimum Gasteiger partial charge on any atom is -0.486 e. The standard InChI is InChI=1S/C19H25NO4/c1-13-14-9-16-17(24-8-7-23-16)10-15(14)19(5-3-4-6-19)12-20(13)18(21)11-22-2/h9-10,13H,3-8,11-12H2,1-2H3/t13-/m0/s1. The second-order valence-electron chi connectivity index (χ2n) is 7.20. The Labute approximate surface area is 142 Å². The van der Waals surface area contributed by atoms with Gasteiger partial charge in [-0.1, -0.05) is 12.8 Å². The van der Waals surface area contributed by atoms with E-state index in [-0.39, 0.29) is 24.0 Å². The van der Waals surface area contributed by atoms with Gasteiger partial charge in [0.2, 0.25) is 5.91 Å². The summed E-state index contributed by atoms with van der Waals surface area (Å²) < 4.78 is 16.7. The molecule has 1 aliphatic carbocycles. The second-order valence-corrected chi connectivity index (χ2v) is 7.20. The van der Waals surface area contributed by atoms with Crippen LogP contribution >= 0.6 is 0 Å². The lowest BCUT2D eigenvalue weighted by molar-refractivity contribution is -0.139. The topological polar surface area (TPSA) is 48.0 Å². The molecule has 3 aliphatic rings. The summed E-state index contributed by atoms with van der Waals surface area (Å²) in [5.41, 5.74) is 2.62. The summed E-state index contributed by atoms with van der Waals surface area (Å²) in [5.74, 6) is 1.73. The molecular formula is C19H25NO4. The molecule has 1 amide bonds. The summed E-state index contributed by atoms with van der Waals surface area (Å²) in [7, 11) is 1.58. The lowest BCUT2D eigenvalue weighted by Crippen LogP contribution is -2.49. The van der Waals surface area contributed by atoms with Crippen LogP contribution in [-0.2, 0) is 14.9 Å². The van der Waals surface area contributed by atoms with E-state index in [2.05, 4.69) is 19.1 Å². The Morgan fingerprint density at radius 2 is 1.92 bits per heavy atom. The van der Waals surface area contributed by atoms with Crippen LogP contribution in [0.1, 0.15) is 49.8 Å².